The molecule has 2 aromatic rings. The van der Waals surface area contributed by atoms with E-state index in [-0.39, 0.29) is 15.9 Å². The van der Waals surface area contributed by atoms with Crippen LogP contribution >= 0.6 is 15.9 Å². The fourth-order valence-electron chi connectivity index (χ4n) is 1.81. The molecule has 0 saturated carbocycles. The van der Waals surface area contributed by atoms with E-state index in [2.05, 4.69) is 21.1 Å². The standard InChI is InChI=1S/C11H8BrFN2O3/c12-6-3-7-10(17-2-1-16-7)8(9(6)13)5-4-15-18-11(5)14/h3-4H,1-2,14H2. The molecule has 0 atom stereocenters. The quantitative estimate of drug-likeness (QED) is 0.876. The molecule has 7 heteroatoms. The predicted octanol–water partition coefficient (Wildman–Crippen LogP) is 2.60. The zero-order valence-electron chi connectivity index (χ0n) is 9.07. The molecule has 0 bridgehead atoms. The van der Waals surface area contributed by atoms with Crippen molar-refractivity contribution in [3.63, 3.8) is 0 Å². The van der Waals surface area contributed by atoms with E-state index in [1.807, 2.05) is 0 Å². The van der Waals surface area contributed by atoms with Gasteiger partial charge in [-0.2, -0.15) is 0 Å². The van der Waals surface area contributed by atoms with E-state index >= 15 is 0 Å². The van der Waals surface area contributed by atoms with Crippen LogP contribution < -0.4 is 15.2 Å². The second kappa shape index (κ2) is 4.16. The largest absolute Gasteiger partial charge is 0.486 e. The Morgan fingerprint density at radius 1 is 1.33 bits per heavy atom. The van der Waals surface area contributed by atoms with E-state index in [0.717, 1.165) is 0 Å². The molecule has 1 aromatic heterocycles. The minimum Gasteiger partial charge on any atom is -0.486 e. The Balaban J connectivity index is 2.30. The van der Waals surface area contributed by atoms with Crippen molar-refractivity contribution < 1.29 is 18.4 Å². The number of nitrogens with zero attached hydrogens (tertiary/aromatic N) is 1. The monoisotopic (exact) mass is 314 g/mol. The van der Waals surface area contributed by atoms with Crippen LogP contribution in [0, 0.1) is 5.82 Å². The maximum Gasteiger partial charge on any atom is 0.230 e. The van der Waals surface area contributed by atoms with Gasteiger partial charge >= 0.3 is 0 Å². The number of rotatable bonds is 1. The van der Waals surface area contributed by atoms with Crippen molar-refractivity contribution in [2.45, 2.75) is 0 Å². The Hall–Kier alpha value is -1.76. The number of nitrogens with two attached hydrogens (primary N) is 1. The second-order valence-electron chi connectivity index (χ2n) is 3.68. The number of fused-ring (bicyclic) bond motifs is 1. The summed E-state index contributed by atoms with van der Waals surface area (Å²) in [5.74, 6) is 0.319. The summed E-state index contributed by atoms with van der Waals surface area (Å²) in [7, 11) is 0. The molecule has 2 N–H and O–H groups in total. The van der Waals surface area contributed by atoms with Crippen molar-refractivity contribution >= 4 is 21.8 Å². The van der Waals surface area contributed by atoms with Crippen LogP contribution in [0.15, 0.2) is 21.3 Å². The highest BCUT2D eigenvalue weighted by Crippen LogP contribution is 2.46. The summed E-state index contributed by atoms with van der Waals surface area (Å²) in [6.45, 7) is 0.774. The molecule has 0 saturated heterocycles. The molecule has 0 unspecified atom stereocenters. The first-order valence-corrected chi connectivity index (χ1v) is 5.96. The van der Waals surface area contributed by atoms with Crippen molar-refractivity contribution in [3.05, 3.63) is 22.6 Å². The number of nitrogen functional groups attached to an aromatic ring is 1. The normalized spacial score (nSPS) is 13.7. The van der Waals surface area contributed by atoms with Crippen LogP contribution in [0.25, 0.3) is 11.1 Å². The van der Waals surface area contributed by atoms with E-state index in [0.29, 0.717) is 30.3 Å². The number of benzene rings is 1. The van der Waals surface area contributed by atoms with Crippen molar-refractivity contribution in [1.29, 1.82) is 0 Å². The lowest BCUT2D eigenvalue weighted by molar-refractivity contribution is 0.171. The summed E-state index contributed by atoms with van der Waals surface area (Å²) in [4.78, 5) is 0. The minimum atomic E-state index is -0.492. The van der Waals surface area contributed by atoms with Crippen LogP contribution in [0.3, 0.4) is 0 Å². The van der Waals surface area contributed by atoms with E-state index < -0.39 is 5.82 Å². The van der Waals surface area contributed by atoms with Gasteiger partial charge in [0, 0.05) is 6.07 Å². The lowest BCUT2D eigenvalue weighted by atomic mass is 10.1. The lowest BCUT2D eigenvalue weighted by Crippen LogP contribution is -2.16. The first-order chi connectivity index (χ1) is 8.68. The Kier molecular flexibility index (Phi) is 2.62. The fraction of sp³-hybridized carbons (Fsp3) is 0.182. The first kappa shape index (κ1) is 11.3. The topological polar surface area (TPSA) is 70.5 Å². The van der Waals surface area contributed by atoms with Gasteiger partial charge in [0.25, 0.3) is 0 Å². The van der Waals surface area contributed by atoms with Crippen LogP contribution in [0.1, 0.15) is 0 Å². The molecule has 3 rings (SSSR count). The van der Waals surface area contributed by atoms with Crippen LogP contribution in [-0.4, -0.2) is 18.4 Å². The molecule has 1 aliphatic heterocycles. The number of anilines is 1. The third-order valence-corrected chi connectivity index (χ3v) is 3.17. The average Bonchev–Trinajstić information content (AvgIpc) is 2.77. The summed E-state index contributed by atoms with van der Waals surface area (Å²) in [5, 5.41) is 3.54. The molecular formula is C11H8BrFN2O3. The summed E-state index contributed by atoms with van der Waals surface area (Å²) >= 11 is 3.13. The number of halogens is 2. The van der Waals surface area contributed by atoms with E-state index in [1.54, 1.807) is 0 Å². The highest BCUT2D eigenvalue weighted by molar-refractivity contribution is 9.10. The number of hydrogen-bond donors (Lipinski definition) is 1. The Labute approximate surface area is 110 Å². The summed E-state index contributed by atoms with van der Waals surface area (Å²) in [6.07, 6.45) is 1.35. The van der Waals surface area contributed by atoms with Gasteiger partial charge in [-0.3, -0.25) is 0 Å². The molecule has 0 amide bonds. The van der Waals surface area contributed by atoms with Gasteiger partial charge in [0.1, 0.15) is 19.0 Å². The molecule has 94 valence electrons. The predicted molar refractivity (Wildman–Crippen MR) is 65.0 cm³/mol. The van der Waals surface area contributed by atoms with Gasteiger partial charge in [-0.05, 0) is 15.9 Å². The highest BCUT2D eigenvalue weighted by atomic mass is 79.9. The third kappa shape index (κ3) is 1.62. The van der Waals surface area contributed by atoms with Crippen molar-refractivity contribution in [1.82, 2.24) is 5.16 Å². The van der Waals surface area contributed by atoms with Gasteiger partial charge in [-0.25, -0.2) is 4.39 Å². The number of ether oxygens (including phenoxy) is 2. The number of aromatic nitrogens is 1. The maximum absolute atomic E-state index is 14.2. The highest BCUT2D eigenvalue weighted by Gasteiger charge is 2.26. The van der Waals surface area contributed by atoms with Gasteiger partial charge in [0.2, 0.25) is 5.88 Å². The van der Waals surface area contributed by atoms with Gasteiger partial charge in [-0.15, -0.1) is 0 Å². The molecule has 0 aliphatic carbocycles. The summed E-state index contributed by atoms with van der Waals surface area (Å²) in [5.41, 5.74) is 6.15. The first-order valence-electron chi connectivity index (χ1n) is 5.16. The van der Waals surface area contributed by atoms with Crippen LogP contribution in [0.5, 0.6) is 11.5 Å². The van der Waals surface area contributed by atoms with Gasteiger partial charge in [0.15, 0.2) is 11.5 Å². The zero-order valence-corrected chi connectivity index (χ0v) is 10.7. The van der Waals surface area contributed by atoms with Crippen LogP contribution in [-0.2, 0) is 0 Å². The zero-order chi connectivity index (χ0) is 12.7. The van der Waals surface area contributed by atoms with Crippen molar-refractivity contribution in [3.8, 4) is 22.6 Å². The molecule has 18 heavy (non-hydrogen) atoms. The van der Waals surface area contributed by atoms with Crippen LogP contribution in [0.2, 0.25) is 0 Å². The Morgan fingerprint density at radius 3 is 2.83 bits per heavy atom. The average molecular weight is 315 g/mol. The molecule has 2 heterocycles. The van der Waals surface area contributed by atoms with Crippen LogP contribution in [0.4, 0.5) is 10.3 Å². The lowest BCUT2D eigenvalue weighted by Gasteiger charge is -2.21. The van der Waals surface area contributed by atoms with E-state index in [4.69, 9.17) is 19.7 Å². The van der Waals surface area contributed by atoms with Gasteiger partial charge in [0.05, 0.1) is 21.8 Å². The fourth-order valence-corrected chi connectivity index (χ4v) is 2.22. The van der Waals surface area contributed by atoms with Gasteiger partial charge < -0.3 is 19.7 Å². The van der Waals surface area contributed by atoms with E-state index in [9.17, 15) is 4.39 Å². The SMILES string of the molecule is Nc1oncc1-c1c(F)c(Br)cc2c1OCCO2. The Morgan fingerprint density at radius 2 is 2.11 bits per heavy atom. The molecular weight excluding hydrogens is 307 g/mol. The van der Waals surface area contributed by atoms with Gasteiger partial charge in [-0.1, -0.05) is 5.16 Å². The summed E-state index contributed by atoms with van der Waals surface area (Å²) in [6, 6.07) is 1.52. The molecule has 1 aliphatic rings. The molecule has 1 aromatic carbocycles. The Bertz CT molecular complexity index is 615. The number of hydrogen-bond acceptors (Lipinski definition) is 5. The summed E-state index contributed by atoms with van der Waals surface area (Å²) < 4.78 is 30.1. The molecule has 0 spiro atoms. The minimum absolute atomic E-state index is 0.0309. The van der Waals surface area contributed by atoms with Crippen molar-refractivity contribution in [2.75, 3.05) is 18.9 Å². The smallest absolute Gasteiger partial charge is 0.230 e. The molecule has 0 radical (unpaired) electrons. The second-order valence-corrected chi connectivity index (χ2v) is 4.53. The molecule has 5 nitrogen and oxygen atoms in total. The third-order valence-electron chi connectivity index (χ3n) is 2.59. The molecule has 0 fully saturated rings. The maximum atomic E-state index is 14.2. The van der Waals surface area contributed by atoms with Crippen molar-refractivity contribution in [2.24, 2.45) is 0 Å². The van der Waals surface area contributed by atoms with E-state index in [1.165, 1.54) is 12.3 Å².